The molecule has 1 heterocycles. The van der Waals surface area contributed by atoms with E-state index < -0.39 is 18.1 Å². The Hall–Kier alpha value is -2.25. The van der Waals surface area contributed by atoms with Gasteiger partial charge >= 0.3 is 12.1 Å². The van der Waals surface area contributed by atoms with E-state index in [9.17, 15) is 22.8 Å². The number of benzene rings is 1. The third-order valence-corrected chi connectivity index (χ3v) is 4.01. The summed E-state index contributed by atoms with van der Waals surface area (Å²) in [5.74, 6) is -2.08. The van der Waals surface area contributed by atoms with Crippen LogP contribution in [0.4, 0.5) is 18.9 Å². The number of nitrogens with zero attached hydrogens (tertiary/aromatic N) is 2. The van der Waals surface area contributed by atoms with E-state index in [-0.39, 0.29) is 5.91 Å². The van der Waals surface area contributed by atoms with Crippen molar-refractivity contribution in [2.75, 3.05) is 32.1 Å². The molecule has 1 fully saturated rings. The molecule has 2 rings (SSSR count). The molecule has 24 heavy (non-hydrogen) atoms. The molecule has 0 saturated carbocycles. The molecule has 0 aromatic heterocycles. The van der Waals surface area contributed by atoms with Crippen LogP contribution in [-0.2, 0) is 4.79 Å². The predicted octanol–water partition coefficient (Wildman–Crippen LogP) is 2.04. The maximum atomic E-state index is 12.4. The number of rotatable bonds is 3. The lowest BCUT2D eigenvalue weighted by Crippen LogP contribution is -2.49. The fraction of sp³-hybridized carbons (Fsp3) is 0.500. The Morgan fingerprint density at radius 1 is 1.12 bits per heavy atom. The van der Waals surface area contributed by atoms with E-state index in [1.165, 1.54) is 0 Å². The van der Waals surface area contributed by atoms with Gasteiger partial charge in [0, 0.05) is 44.5 Å². The summed E-state index contributed by atoms with van der Waals surface area (Å²) in [5.41, 5.74) is 1.51. The molecule has 1 aliphatic rings. The lowest BCUT2D eigenvalue weighted by molar-refractivity contribution is -0.174. The van der Waals surface area contributed by atoms with Crippen LogP contribution in [-0.4, -0.2) is 56.1 Å². The van der Waals surface area contributed by atoms with Crippen LogP contribution >= 0.6 is 0 Å². The molecular weight excluding hydrogens is 323 g/mol. The number of carbonyl (C=O) groups excluding carboxylic acids is 2. The summed E-state index contributed by atoms with van der Waals surface area (Å²) in [6.07, 6.45) is -4.26. The van der Waals surface area contributed by atoms with Crippen LogP contribution in [0, 0.1) is 0 Å². The average molecular weight is 343 g/mol. The number of anilines is 1. The quantitative estimate of drug-likeness (QED) is 0.914. The van der Waals surface area contributed by atoms with Crippen LogP contribution in [0.25, 0.3) is 0 Å². The zero-order valence-corrected chi connectivity index (χ0v) is 13.6. The second-order valence-electron chi connectivity index (χ2n) is 5.98. The number of carbonyl (C=O) groups is 2. The van der Waals surface area contributed by atoms with Crippen molar-refractivity contribution in [3.63, 3.8) is 0 Å². The minimum Gasteiger partial charge on any atom is -0.378 e. The van der Waals surface area contributed by atoms with E-state index >= 15 is 0 Å². The van der Waals surface area contributed by atoms with Gasteiger partial charge in [-0.15, -0.1) is 0 Å². The van der Waals surface area contributed by atoms with Crippen LogP contribution in [0.5, 0.6) is 0 Å². The van der Waals surface area contributed by atoms with Crippen molar-refractivity contribution in [3.05, 3.63) is 29.8 Å². The second kappa shape index (κ2) is 7.11. The molecule has 1 N–H and O–H groups in total. The molecule has 0 atom stereocenters. The van der Waals surface area contributed by atoms with Crippen LogP contribution in [0.3, 0.4) is 0 Å². The SMILES string of the molecule is CN(C)c1ccc(C(=O)N2CCC(NC(=O)C(F)(F)F)CC2)cc1. The normalized spacial score (nSPS) is 16.0. The zero-order valence-electron chi connectivity index (χ0n) is 13.6. The van der Waals surface area contributed by atoms with Gasteiger partial charge in [0.2, 0.25) is 0 Å². The highest BCUT2D eigenvalue weighted by atomic mass is 19.4. The van der Waals surface area contributed by atoms with Gasteiger partial charge in [-0.3, -0.25) is 9.59 Å². The maximum absolute atomic E-state index is 12.4. The summed E-state index contributed by atoms with van der Waals surface area (Å²) in [5, 5.41) is 1.97. The molecule has 1 aromatic rings. The minimum absolute atomic E-state index is 0.152. The highest BCUT2D eigenvalue weighted by Crippen LogP contribution is 2.19. The number of piperidine rings is 1. The highest BCUT2D eigenvalue weighted by molar-refractivity contribution is 5.94. The number of amides is 2. The number of nitrogens with one attached hydrogen (secondary N) is 1. The zero-order chi connectivity index (χ0) is 17.9. The van der Waals surface area contributed by atoms with E-state index in [0.29, 0.717) is 31.5 Å². The van der Waals surface area contributed by atoms with Crippen molar-refractivity contribution in [2.45, 2.75) is 25.1 Å². The number of alkyl halides is 3. The van der Waals surface area contributed by atoms with Gasteiger partial charge in [0.15, 0.2) is 0 Å². The Kier molecular flexibility index (Phi) is 5.36. The predicted molar refractivity (Wildman–Crippen MR) is 83.9 cm³/mol. The second-order valence-corrected chi connectivity index (χ2v) is 5.98. The molecular formula is C16H20F3N3O2. The molecule has 2 amide bonds. The van der Waals surface area contributed by atoms with Gasteiger partial charge in [-0.1, -0.05) is 0 Å². The topological polar surface area (TPSA) is 52.7 Å². The Morgan fingerprint density at radius 3 is 2.12 bits per heavy atom. The molecule has 0 aliphatic carbocycles. The molecule has 1 aliphatic heterocycles. The lowest BCUT2D eigenvalue weighted by Gasteiger charge is -2.32. The largest absolute Gasteiger partial charge is 0.471 e. The van der Waals surface area contributed by atoms with Crippen molar-refractivity contribution >= 4 is 17.5 Å². The molecule has 1 saturated heterocycles. The van der Waals surface area contributed by atoms with E-state index in [0.717, 1.165) is 5.69 Å². The van der Waals surface area contributed by atoms with Crippen molar-refractivity contribution in [2.24, 2.45) is 0 Å². The van der Waals surface area contributed by atoms with Crippen LogP contribution < -0.4 is 10.2 Å². The third-order valence-electron chi connectivity index (χ3n) is 4.01. The Labute approximate surface area is 138 Å². The summed E-state index contributed by atoms with van der Waals surface area (Å²) in [6, 6.07) is 6.58. The van der Waals surface area contributed by atoms with Crippen molar-refractivity contribution in [3.8, 4) is 0 Å². The minimum atomic E-state index is -4.87. The highest BCUT2D eigenvalue weighted by Gasteiger charge is 2.40. The molecule has 0 spiro atoms. The van der Waals surface area contributed by atoms with Crippen molar-refractivity contribution in [1.82, 2.24) is 10.2 Å². The maximum Gasteiger partial charge on any atom is 0.471 e. The van der Waals surface area contributed by atoms with Crippen LogP contribution in [0.2, 0.25) is 0 Å². The smallest absolute Gasteiger partial charge is 0.378 e. The number of hydrogen-bond acceptors (Lipinski definition) is 3. The first-order valence-corrected chi connectivity index (χ1v) is 7.63. The molecule has 0 unspecified atom stereocenters. The van der Waals surface area contributed by atoms with Gasteiger partial charge in [0.1, 0.15) is 0 Å². The van der Waals surface area contributed by atoms with E-state index in [1.54, 1.807) is 17.0 Å². The van der Waals surface area contributed by atoms with Gasteiger partial charge in [-0.05, 0) is 37.1 Å². The van der Waals surface area contributed by atoms with Gasteiger partial charge in [0.25, 0.3) is 5.91 Å². The van der Waals surface area contributed by atoms with E-state index in [4.69, 9.17) is 0 Å². The Bertz CT molecular complexity index is 592. The van der Waals surface area contributed by atoms with Crippen LogP contribution in [0.15, 0.2) is 24.3 Å². The summed E-state index contributed by atoms with van der Waals surface area (Å²) >= 11 is 0. The van der Waals surface area contributed by atoms with E-state index in [1.807, 2.05) is 36.4 Å². The average Bonchev–Trinajstić information content (AvgIpc) is 2.54. The summed E-state index contributed by atoms with van der Waals surface area (Å²) in [6.45, 7) is 0.633. The molecule has 8 heteroatoms. The Balaban J connectivity index is 1.89. The van der Waals surface area contributed by atoms with Crippen molar-refractivity contribution in [1.29, 1.82) is 0 Å². The molecule has 1 aromatic carbocycles. The van der Waals surface area contributed by atoms with Gasteiger partial charge in [-0.25, -0.2) is 0 Å². The van der Waals surface area contributed by atoms with Gasteiger partial charge in [0.05, 0.1) is 0 Å². The van der Waals surface area contributed by atoms with Gasteiger partial charge < -0.3 is 15.1 Å². The lowest BCUT2D eigenvalue weighted by atomic mass is 10.0. The first kappa shape index (κ1) is 18.1. The molecule has 132 valence electrons. The Morgan fingerprint density at radius 2 is 1.67 bits per heavy atom. The standard InChI is InChI=1S/C16H20F3N3O2/c1-21(2)13-5-3-11(4-6-13)14(23)22-9-7-12(8-10-22)20-15(24)16(17,18)19/h3-6,12H,7-10H2,1-2H3,(H,20,24). The number of hydrogen-bond donors (Lipinski definition) is 1. The molecule has 0 bridgehead atoms. The van der Waals surface area contributed by atoms with E-state index in [2.05, 4.69) is 0 Å². The third kappa shape index (κ3) is 4.39. The monoisotopic (exact) mass is 343 g/mol. The molecule has 5 nitrogen and oxygen atoms in total. The number of likely N-dealkylation sites (tertiary alicyclic amines) is 1. The first-order chi connectivity index (χ1) is 11.2. The van der Waals surface area contributed by atoms with Gasteiger partial charge in [-0.2, -0.15) is 13.2 Å². The van der Waals surface area contributed by atoms with Crippen molar-refractivity contribution < 1.29 is 22.8 Å². The summed E-state index contributed by atoms with van der Waals surface area (Å²) < 4.78 is 36.7. The van der Waals surface area contributed by atoms with Crippen LogP contribution in [0.1, 0.15) is 23.2 Å². The fourth-order valence-corrected chi connectivity index (χ4v) is 2.58. The summed E-state index contributed by atoms with van der Waals surface area (Å²) in [4.78, 5) is 26.9. The number of halogens is 3. The summed E-state index contributed by atoms with van der Waals surface area (Å²) in [7, 11) is 3.80. The molecule has 0 radical (unpaired) electrons. The fourth-order valence-electron chi connectivity index (χ4n) is 2.58. The first-order valence-electron chi connectivity index (χ1n) is 7.63.